The number of halogens is 1. The molecule has 0 atom stereocenters. The van der Waals surface area contributed by atoms with Crippen LogP contribution in [0.1, 0.15) is 16.2 Å². The Labute approximate surface area is 103 Å². The summed E-state index contributed by atoms with van der Waals surface area (Å²) in [7, 11) is 0. The molecule has 0 saturated carbocycles. The van der Waals surface area contributed by atoms with Gasteiger partial charge in [0.15, 0.2) is 0 Å². The van der Waals surface area contributed by atoms with E-state index in [1.165, 1.54) is 18.4 Å². The number of rotatable bonds is 3. The Morgan fingerprint density at radius 2 is 2.29 bits per heavy atom. The molecule has 0 bridgehead atoms. The Bertz CT molecular complexity index is 526. The topological polar surface area (TPSA) is 81.2 Å². The van der Waals surface area contributed by atoms with Gasteiger partial charge in [-0.3, -0.25) is 4.79 Å². The Hall–Kier alpha value is -2.01. The van der Waals surface area contributed by atoms with Gasteiger partial charge in [-0.05, 0) is 24.3 Å². The van der Waals surface area contributed by atoms with E-state index in [1.807, 2.05) is 0 Å². The SMILES string of the molecule is Nc1ccc(Cl)c(C(=O)NCc2ccco2)n1. The highest BCUT2D eigenvalue weighted by Crippen LogP contribution is 2.15. The van der Waals surface area contributed by atoms with Crippen molar-refractivity contribution in [1.82, 2.24) is 10.3 Å². The second-order valence-corrected chi connectivity index (χ2v) is 3.74. The molecule has 0 aliphatic rings. The summed E-state index contributed by atoms with van der Waals surface area (Å²) >= 11 is 5.85. The minimum Gasteiger partial charge on any atom is -0.467 e. The van der Waals surface area contributed by atoms with Crippen molar-refractivity contribution in [3.05, 3.63) is 47.0 Å². The summed E-state index contributed by atoms with van der Waals surface area (Å²) in [6, 6.07) is 6.57. The molecule has 6 heteroatoms. The molecular weight excluding hydrogens is 242 g/mol. The maximum atomic E-state index is 11.8. The lowest BCUT2D eigenvalue weighted by Gasteiger charge is -2.05. The van der Waals surface area contributed by atoms with Crippen LogP contribution < -0.4 is 11.1 Å². The number of carbonyl (C=O) groups is 1. The molecule has 0 aliphatic carbocycles. The van der Waals surface area contributed by atoms with Crippen molar-refractivity contribution in [2.75, 3.05) is 5.73 Å². The monoisotopic (exact) mass is 251 g/mol. The van der Waals surface area contributed by atoms with E-state index in [-0.39, 0.29) is 23.1 Å². The fourth-order valence-corrected chi connectivity index (χ4v) is 1.47. The first-order chi connectivity index (χ1) is 8.16. The molecule has 2 aromatic heterocycles. The minimum atomic E-state index is -0.390. The maximum absolute atomic E-state index is 11.8. The third kappa shape index (κ3) is 2.76. The van der Waals surface area contributed by atoms with E-state index in [0.29, 0.717) is 5.76 Å². The Morgan fingerprint density at radius 1 is 1.47 bits per heavy atom. The number of furan rings is 1. The Balaban J connectivity index is 2.07. The molecule has 5 nitrogen and oxygen atoms in total. The zero-order chi connectivity index (χ0) is 12.3. The van der Waals surface area contributed by atoms with E-state index >= 15 is 0 Å². The van der Waals surface area contributed by atoms with Gasteiger partial charge in [0.25, 0.3) is 5.91 Å². The van der Waals surface area contributed by atoms with Crippen molar-refractivity contribution in [1.29, 1.82) is 0 Å². The van der Waals surface area contributed by atoms with Crippen LogP contribution in [0.2, 0.25) is 5.02 Å². The van der Waals surface area contributed by atoms with Gasteiger partial charge < -0.3 is 15.5 Å². The Kier molecular flexibility index (Phi) is 3.30. The third-order valence-corrected chi connectivity index (χ3v) is 2.39. The van der Waals surface area contributed by atoms with Crippen molar-refractivity contribution in [3.63, 3.8) is 0 Å². The van der Waals surface area contributed by atoms with Gasteiger partial charge in [-0.25, -0.2) is 4.98 Å². The van der Waals surface area contributed by atoms with E-state index in [1.54, 1.807) is 12.1 Å². The normalized spacial score (nSPS) is 10.2. The predicted molar refractivity (Wildman–Crippen MR) is 63.5 cm³/mol. The number of hydrogen-bond donors (Lipinski definition) is 2. The average Bonchev–Trinajstić information content (AvgIpc) is 2.82. The second-order valence-electron chi connectivity index (χ2n) is 3.33. The molecule has 2 heterocycles. The summed E-state index contributed by atoms with van der Waals surface area (Å²) in [5.41, 5.74) is 5.60. The summed E-state index contributed by atoms with van der Waals surface area (Å²) in [5.74, 6) is 0.509. The minimum absolute atomic E-state index is 0.109. The number of carbonyl (C=O) groups excluding carboxylic acids is 1. The first-order valence-corrected chi connectivity index (χ1v) is 5.27. The van der Waals surface area contributed by atoms with Crippen LogP contribution in [-0.4, -0.2) is 10.9 Å². The number of aromatic nitrogens is 1. The molecule has 1 amide bonds. The number of nitrogens with two attached hydrogens (primary N) is 1. The average molecular weight is 252 g/mol. The van der Waals surface area contributed by atoms with Crippen molar-refractivity contribution in [3.8, 4) is 0 Å². The zero-order valence-electron chi connectivity index (χ0n) is 8.81. The molecule has 2 rings (SSSR count). The fraction of sp³-hybridized carbons (Fsp3) is 0.0909. The standard InChI is InChI=1S/C11H10ClN3O2/c12-8-3-4-9(13)15-10(8)11(16)14-6-7-2-1-5-17-7/h1-5H,6H2,(H2,13,15)(H,14,16). The smallest absolute Gasteiger partial charge is 0.271 e. The van der Waals surface area contributed by atoms with Gasteiger partial charge in [-0.1, -0.05) is 11.6 Å². The van der Waals surface area contributed by atoms with E-state index < -0.39 is 5.91 Å². The molecule has 88 valence electrons. The van der Waals surface area contributed by atoms with E-state index in [4.69, 9.17) is 21.8 Å². The number of nitrogens with zero attached hydrogens (tertiary/aromatic N) is 1. The molecule has 0 spiro atoms. The van der Waals surface area contributed by atoms with Crippen LogP contribution in [0.25, 0.3) is 0 Å². The van der Waals surface area contributed by atoms with Crippen molar-refractivity contribution < 1.29 is 9.21 Å². The molecular formula is C11H10ClN3O2. The van der Waals surface area contributed by atoms with Gasteiger partial charge in [-0.15, -0.1) is 0 Å². The molecule has 0 radical (unpaired) electrons. The molecule has 0 unspecified atom stereocenters. The summed E-state index contributed by atoms with van der Waals surface area (Å²) in [4.78, 5) is 15.6. The fourth-order valence-electron chi connectivity index (χ4n) is 1.28. The Morgan fingerprint density at radius 3 is 3.00 bits per heavy atom. The predicted octanol–water partition coefficient (Wildman–Crippen LogP) is 1.84. The summed E-state index contributed by atoms with van der Waals surface area (Å²) in [6.07, 6.45) is 1.53. The number of pyridine rings is 1. The number of nitrogen functional groups attached to an aromatic ring is 1. The van der Waals surface area contributed by atoms with E-state index in [2.05, 4.69) is 10.3 Å². The molecule has 0 aliphatic heterocycles. The van der Waals surface area contributed by atoms with Crippen molar-refractivity contribution in [2.45, 2.75) is 6.54 Å². The van der Waals surface area contributed by atoms with Crippen LogP contribution in [0.4, 0.5) is 5.82 Å². The number of anilines is 1. The quantitative estimate of drug-likeness (QED) is 0.872. The van der Waals surface area contributed by atoms with Gasteiger partial charge >= 0.3 is 0 Å². The van der Waals surface area contributed by atoms with Gasteiger partial charge in [-0.2, -0.15) is 0 Å². The summed E-state index contributed by atoms with van der Waals surface area (Å²) < 4.78 is 5.08. The first-order valence-electron chi connectivity index (χ1n) is 4.89. The number of amides is 1. The second kappa shape index (κ2) is 4.88. The molecule has 0 aromatic carbocycles. The van der Waals surface area contributed by atoms with E-state index in [9.17, 15) is 4.79 Å². The maximum Gasteiger partial charge on any atom is 0.271 e. The number of hydrogen-bond acceptors (Lipinski definition) is 4. The molecule has 0 saturated heterocycles. The van der Waals surface area contributed by atoms with Gasteiger partial charge in [0.2, 0.25) is 0 Å². The molecule has 0 fully saturated rings. The highest BCUT2D eigenvalue weighted by molar-refractivity contribution is 6.33. The largest absolute Gasteiger partial charge is 0.467 e. The molecule has 2 aromatic rings. The van der Waals surface area contributed by atoms with Crippen LogP contribution in [0.3, 0.4) is 0 Å². The van der Waals surface area contributed by atoms with Crippen molar-refractivity contribution >= 4 is 23.3 Å². The van der Waals surface area contributed by atoms with Gasteiger partial charge in [0, 0.05) is 0 Å². The van der Waals surface area contributed by atoms with E-state index in [0.717, 1.165) is 0 Å². The molecule has 3 N–H and O–H groups in total. The lowest BCUT2D eigenvalue weighted by atomic mass is 10.3. The summed E-state index contributed by atoms with van der Waals surface area (Å²) in [5, 5.41) is 2.89. The zero-order valence-corrected chi connectivity index (χ0v) is 9.57. The highest BCUT2D eigenvalue weighted by atomic mass is 35.5. The van der Waals surface area contributed by atoms with Crippen LogP contribution in [0, 0.1) is 0 Å². The first kappa shape index (κ1) is 11.5. The highest BCUT2D eigenvalue weighted by Gasteiger charge is 2.12. The van der Waals surface area contributed by atoms with Crippen LogP contribution >= 0.6 is 11.6 Å². The van der Waals surface area contributed by atoms with Crippen LogP contribution in [0.5, 0.6) is 0 Å². The van der Waals surface area contributed by atoms with Crippen LogP contribution in [0.15, 0.2) is 34.9 Å². The van der Waals surface area contributed by atoms with Gasteiger partial charge in [0.1, 0.15) is 17.3 Å². The third-order valence-electron chi connectivity index (χ3n) is 2.09. The molecule has 17 heavy (non-hydrogen) atoms. The number of nitrogens with one attached hydrogen (secondary N) is 1. The van der Waals surface area contributed by atoms with Gasteiger partial charge in [0.05, 0.1) is 17.8 Å². The summed E-state index contributed by atoms with van der Waals surface area (Å²) in [6.45, 7) is 0.276. The van der Waals surface area contributed by atoms with Crippen molar-refractivity contribution in [2.24, 2.45) is 0 Å². The van der Waals surface area contributed by atoms with Crippen LogP contribution in [-0.2, 0) is 6.54 Å². The lowest BCUT2D eigenvalue weighted by molar-refractivity contribution is 0.0943. The lowest BCUT2D eigenvalue weighted by Crippen LogP contribution is -2.24.